The predicted molar refractivity (Wildman–Crippen MR) is 52.3 cm³/mol. The second-order valence-electron chi connectivity index (χ2n) is 3.67. The molecule has 7 heteroatoms. The second kappa shape index (κ2) is 3.48. The van der Waals surface area contributed by atoms with E-state index in [9.17, 15) is 10.2 Å². The van der Waals surface area contributed by atoms with Gasteiger partial charge in [0, 0.05) is 0 Å². The first kappa shape index (κ1) is 9.64. The Labute approximate surface area is 90.3 Å². The molecular weight excluding hydrogens is 212 g/mol. The lowest BCUT2D eigenvalue weighted by Crippen LogP contribution is -2.28. The van der Waals surface area contributed by atoms with E-state index in [2.05, 4.69) is 15.0 Å². The molecule has 16 heavy (non-hydrogen) atoms. The number of aliphatic hydroxyl groups is 2. The first-order valence-electron chi connectivity index (χ1n) is 4.87. The molecule has 0 saturated carbocycles. The van der Waals surface area contributed by atoms with Crippen LogP contribution in [0, 0.1) is 0 Å². The van der Waals surface area contributed by atoms with Crippen molar-refractivity contribution in [3.8, 4) is 0 Å². The summed E-state index contributed by atoms with van der Waals surface area (Å²) in [6.07, 6.45) is 2.02. The lowest BCUT2D eigenvalue weighted by molar-refractivity contribution is -0.0162. The molecule has 7 nitrogen and oxygen atoms in total. The molecule has 0 bridgehead atoms. The van der Waals surface area contributed by atoms with Crippen molar-refractivity contribution in [3.05, 3.63) is 18.9 Å². The fraction of sp³-hybridized carbons (Fsp3) is 0.444. The van der Waals surface area contributed by atoms with Crippen LogP contribution in [0.15, 0.2) is 18.9 Å². The van der Waals surface area contributed by atoms with Crippen molar-refractivity contribution in [3.63, 3.8) is 0 Å². The first-order valence-corrected chi connectivity index (χ1v) is 4.87. The number of fused-ring (bicyclic) bond motifs is 1. The zero-order valence-corrected chi connectivity index (χ0v) is 8.26. The molecule has 2 aromatic rings. The van der Waals surface area contributed by atoms with Crippen molar-refractivity contribution < 1.29 is 14.9 Å². The van der Waals surface area contributed by atoms with Crippen LogP contribution in [0.3, 0.4) is 0 Å². The number of hydrogen-bond donors (Lipinski definition) is 2. The summed E-state index contributed by atoms with van der Waals surface area (Å²) in [5, 5.41) is 19.1. The minimum absolute atomic E-state index is 0.108. The molecule has 0 aliphatic carbocycles. The highest BCUT2D eigenvalue weighted by Gasteiger charge is 2.36. The van der Waals surface area contributed by atoms with Gasteiger partial charge in [-0.25, -0.2) is 15.0 Å². The number of hydrogen-bond acceptors (Lipinski definition) is 6. The Balaban J connectivity index is 2.06. The molecule has 0 radical (unpaired) electrons. The van der Waals surface area contributed by atoms with Crippen molar-refractivity contribution in [2.75, 3.05) is 6.61 Å². The van der Waals surface area contributed by atoms with Gasteiger partial charge in [-0.15, -0.1) is 0 Å². The maximum atomic E-state index is 9.72. The van der Waals surface area contributed by atoms with E-state index >= 15 is 0 Å². The number of aliphatic hydroxyl groups excluding tert-OH is 2. The average molecular weight is 222 g/mol. The van der Waals surface area contributed by atoms with Gasteiger partial charge in [-0.05, 0) is 0 Å². The Bertz CT molecular complexity index is 514. The van der Waals surface area contributed by atoms with Gasteiger partial charge in [0.15, 0.2) is 11.9 Å². The summed E-state index contributed by atoms with van der Waals surface area (Å²) in [6.45, 7) is 0.108. The van der Waals surface area contributed by atoms with E-state index in [4.69, 9.17) is 4.74 Å². The van der Waals surface area contributed by atoms with Crippen LogP contribution >= 0.6 is 0 Å². The van der Waals surface area contributed by atoms with Gasteiger partial charge in [0.1, 0.15) is 24.1 Å². The largest absolute Gasteiger partial charge is 0.388 e. The second-order valence-corrected chi connectivity index (χ2v) is 3.67. The van der Waals surface area contributed by atoms with Crippen LogP contribution in [-0.2, 0) is 4.74 Å². The molecule has 1 aliphatic rings. The summed E-state index contributed by atoms with van der Waals surface area (Å²) in [5.74, 6) is 0. The maximum Gasteiger partial charge on any atom is 0.165 e. The van der Waals surface area contributed by atoms with Gasteiger partial charge in [-0.2, -0.15) is 0 Å². The molecule has 3 heterocycles. The molecule has 0 spiro atoms. The van der Waals surface area contributed by atoms with Crippen molar-refractivity contribution in [1.82, 2.24) is 19.5 Å². The number of aromatic nitrogens is 4. The van der Waals surface area contributed by atoms with Gasteiger partial charge < -0.3 is 14.9 Å². The normalized spacial score (nSPS) is 30.0. The monoisotopic (exact) mass is 222 g/mol. The molecule has 3 atom stereocenters. The lowest BCUT2D eigenvalue weighted by Gasteiger charge is -2.16. The maximum absolute atomic E-state index is 9.72. The highest BCUT2D eigenvalue weighted by Crippen LogP contribution is 2.26. The van der Waals surface area contributed by atoms with Crippen molar-refractivity contribution in [2.45, 2.75) is 18.4 Å². The van der Waals surface area contributed by atoms with Crippen LogP contribution in [0.4, 0.5) is 0 Å². The van der Waals surface area contributed by atoms with Crippen LogP contribution in [0.1, 0.15) is 6.23 Å². The molecule has 3 unspecified atom stereocenters. The molecule has 0 aromatic carbocycles. The standard InChI is InChI=1S/C9H10N4O3/c14-6-2-16-9(7(6)15)13-4-12-5-1-10-3-11-8(5)13/h1,3-4,6-7,9,14-15H,2H2. The van der Waals surface area contributed by atoms with E-state index in [1.807, 2.05) is 0 Å². The Morgan fingerprint density at radius 1 is 1.38 bits per heavy atom. The van der Waals surface area contributed by atoms with Crippen LogP contribution < -0.4 is 0 Å². The third kappa shape index (κ3) is 1.29. The van der Waals surface area contributed by atoms with Crippen LogP contribution in [0.25, 0.3) is 11.2 Å². The third-order valence-corrected chi connectivity index (χ3v) is 2.64. The van der Waals surface area contributed by atoms with Gasteiger partial charge in [-0.3, -0.25) is 4.57 Å². The molecule has 1 saturated heterocycles. The van der Waals surface area contributed by atoms with Gasteiger partial charge in [0.2, 0.25) is 0 Å². The summed E-state index contributed by atoms with van der Waals surface area (Å²) in [6, 6.07) is 0. The topological polar surface area (TPSA) is 93.3 Å². The highest BCUT2D eigenvalue weighted by molar-refractivity contribution is 5.68. The number of imidazole rings is 1. The molecule has 2 N–H and O–H groups in total. The molecule has 0 amide bonds. The first-order chi connectivity index (χ1) is 7.77. The van der Waals surface area contributed by atoms with Gasteiger partial charge >= 0.3 is 0 Å². The molecular formula is C9H10N4O3. The molecule has 1 fully saturated rings. The molecule has 1 aliphatic heterocycles. The Hall–Kier alpha value is -1.57. The van der Waals surface area contributed by atoms with Crippen LogP contribution in [0.2, 0.25) is 0 Å². The zero-order chi connectivity index (χ0) is 11.1. The van der Waals surface area contributed by atoms with E-state index in [1.165, 1.54) is 12.7 Å². The predicted octanol–water partition coefficient (Wildman–Crippen LogP) is -0.923. The fourth-order valence-electron chi connectivity index (χ4n) is 1.80. The summed E-state index contributed by atoms with van der Waals surface area (Å²) in [4.78, 5) is 12.0. The Morgan fingerprint density at radius 3 is 3.00 bits per heavy atom. The van der Waals surface area contributed by atoms with E-state index in [1.54, 1.807) is 10.8 Å². The van der Waals surface area contributed by atoms with Gasteiger partial charge in [-0.1, -0.05) is 0 Å². The number of ether oxygens (including phenoxy) is 1. The Morgan fingerprint density at radius 2 is 2.25 bits per heavy atom. The zero-order valence-electron chi connectivity index (χ0n) is 8.26. The molecule has 3 rings (SSSR count). The number of rotatable bonds is 1. The molecule has 2 aromatic heterocycles. The quantitative estimate of drug-likeness (QED) is 0.648. The summed E-state index contributed by atoms with van der Waals surface area (Å²) >= 11 is 0. The van der Waals surface area contributed by atoms with E-state index < -0.39 is 18.4 Å². The summed E-state index contributed by atoms with van der Waals surface area (Å²) < 4.78 is 6.89. The summed E-state index contributed by atoms with van der Waals surface area (Å²) in [7, 11) is 0. The summed E-state index contributed by atoms with van der Waals surface area (Å²) in [5.41, 5.74) is 1.20. The van der Waals surface area contributed by atoms with E-state index in [0.717, 1.165) is 0 Å². The SMILES string of the molecule is OC1COC(n2cnc3cncnc32)C1O. The Kier molecular flexibility index (Phi) is 2.10. The van der Waals surface area contributed by atoms with Gasteiger partial charge in [0.05, 0.1) is 19.1 Å². The molecule has 84 valence electrons. The van der Waals surface area contributed by atoms with Crippen molar-refractivity contribution in [1.29, 1.82) is 0 Å². The third-order valence-electron chi connectivity index (χ3n) is 2.64. The van der Waals surface area contributed by atoms with E-state index in [-0.39, 0.29) is 6.61 Å². The van der Waals surface area contributed by atoms with E-state index in [0.29, 0.717) is 11.2 Å². The lowest BCUT2D eigenvalue weighted by atomic mass is 10.2. The minimum atomic E-state index is -0.965. The average Bonchev–Trinajstić information content (AvgIpc) is 2.85. The van der Waals surface area contributed by atoms with Crippen LogP contribution in [-0.4, -0.2) is 48.5 Å². The minimum Gasteiger partial charge on any atom is -0.388 e. The highest BCUT2D eigenvalue weighted by atomic mass is 16.5. The fourth-order valence-corrected chi connectivity index (χ4v) is 1.80. The smallest absolute Gasteiger partial charge is 0.165 e. The van der Waals surface area contributed by atoms with Gasteiger partial charge in [0.25, 0.3) is 0 Å². The van der Waals surface area contributed by atoms with Crippen molar-refractivity contribution >= 4 is 11.2 Å². The van der Waals surface area contributed by atoms with Crippen molar-refractivity contribution in [2.24, 2.45) is 0 Å². The number of nitrogens with zero attached hydrogens (tertiary/aromatic N) is 4. The van der Waals surface area contributed by atoms with Crippen LogP contribution in [0.5, 0.6) is 0 Å².